The number of aromatic nitrogens is 2. The van der Waals surface area contributed by atoms with E-state index in [0.29, 0.717) is 18.9 Å². The fourth-order valence-corrected chi connectivity index (χ4v) is 5.40. The van der Waals surface area contributed by atoms with Crippen molar-refractivity contribution in [1.29, 1.82) is 0 Å². The van der Waals surface area contributed by atoms with E-state index in [1.165, 1.54) is 4.90 Å². The lowest BCUT2D eigenvalue weighted by atomic mass is 9.99. The molecule has 0 aliphatic carbocycles. The number of hydrogen-bond donors (Lipinski definition) is 1. The van der Waals surface area contributed by atoms with Gasteiger partial charge in [0, 0.05) is 19.2 Å². The number of carbonyl (C=O) groups excluding carboxylic acids is 1. The zero-order valence-electron chi connectivity index (χ0n) is 16.5. The number of aromatic amines is 1. The van der Waals surface area contributed by atoms with Gasteiger partial charge in [0.05, 0.1) is 11.0 Å². The van der Waals surface area contributed by atoms with E-state index in [4.69, 9.17) is 0 Å². The van der Waals surface area contributed by atoms with Crippen molar-refractivity contribution >= 4 is 15.7 Å². The topological polar surface area (TPSA) is 83.1 Å². The number of hydrogen-bond acceptors (Lipinski definition) is 4. The molecule has 2 aromatic rings. The van der Waals surface area contributed by atoms with Crippen LogP contribution in [-0.2, 0) is 22.6 Å². The summed E-state index contributed by atoms with van der Waals surface area (Å²) in [6.07, 6.45) is -2.84. The maximum Gasteiger partial charge on any atom is 0.432 e. The van der Waals surface area contributed by atoms with Gasteiger partial charge >= 0.3 is 6.18 Å². The van der Waals surface area contributed by atoms with Crippen molar-refractivity contribution < 1.29 is 26.4 Å². The van der Waals surface area contributed by atoms with E-state index in [0.717, 1.165) is 12.0 Å². The van der Waals surface area contributed by atoms with Crippen LogP contribution in [0.5, 0.6) is 0 Å². The molecule has 1 N–H and O–H groups in total. The molecule has 2 unspecified atom stereocenters. The third-order valence-corrected chi connectivity index (χ3v) is 7.87. The highest BCUT2D eigenvalue weighted by molar-refractivity contribution is 7.92. The van der Waals surface area contributed by atoms with E-state index in [-0.39, 0.29) is 35.7 Å². The predicted octanol–water partition coefficient (Wildman–Crippen LogP) is 3.67. The molecule has 3 rings (SSSR count). The highest BCUT2D eigenvalue weighted by Crippen LogP contribution is 2.29. The average molecular weight is 443 g/mol. The Labute approximate surface area is 173 Å². The van der Waals surface area contributed by atoms with E-state index in [9.17, 15) is 26.4 Å². The van der Waals surface area contributed by atoms with Crippen LogP contribution in [-0.4, -0.2) is 47.0 Å². The minimum atomic E-state index is -4.62. The summed E-state index contributed by atoms with van der Waals surface area (Å²) in [7, 11) is -3.15. The van der Waals surface area contributed by atoms with E-state index >= 15 is 0 Å². The first kappa shape index (κ1) is 22.3. The van der Waals surface area contributed by atoms with Gasteiger partial charge in [0.1, 0.15) is 5.69 Å². The van der Waals surface area contributed by atoms with Crippen LogP contribution in [0.3, 0.4) is 0 Å². The Morgan fingerprint density at radius 2 is 1.93 bits per heavy atom. The smallest absolute Gasteiger partial charge is 0.333 e. The Morgan fingerprint density at radius 1 is 1.23 bits per heavy atom. The Balaban J connectivity index is 1.75. The van der Waals surface area contributed by atoms with Crippen LogP contribution in [0.25, 0.3) is 0 Å². The Hall–Kier alpha value is -2.36. The summed E-state index contributed by atoms with van der Waals surface area (Å²) in [6.45, 7) is 2.13. The first-order valence-electron chi connectivity index (χ1n) is 9.73. The summed E-state index contributed by atoms with van der Waals surface area (Å²) in [4.78, 5) is 14.3. The second kappa shape index (κ2) is 8.79. The first-order chi connectivity index (χ1) is 14.1. The van der Waals surface area contributed by atoms with Crippen molar-refractivity contribution in [3.63, 3.8) is 0 Å². The van der Waals surface area contributed by atoms with Crippen LogP contribution < -0.4 is 0 Å². The lowest BCUT2D eigenvalue weighted by Gasteiger charge is -2.29. The van der Waals surface area contributed by atoms with Gasteiger partial charge in [-0.3, -0.25) is 9.89 Å². The molecule has 6 nitrogen and oxygen atoms in total. The largest absolute Gasteiger partial charge is 0.432 e. The summed E-state index contributed by atoms with van der Waals surface area (Å²) >= 11 is 0. The molecule has 0 bridgehead atoms. The second-order valence-electron chi connectivity index (χ2n) is 7.75. The molecule has 164 valence electrons. The monoisotopic (exact) mass is 443 g/mol. The third-order valence-electron chi connectivity index (χ3n) is 5.48. The zero-order chi connectivity index (χ0) is 21.9. The van der Waals surface area contributed by atoms with Crippen LogP contribution in [0.1, 0.15) is 47.9 Å². The van der Waals surface area contributed by atoms with Gasteiger partial charge in [-0.2, -0.15) is 18.3 Å². The minimum Gasteiger partial charge on any atom is -0.333 e. The van der Waals surface area contributed by atoms with Crippen LogP contribution in [0.2, 0.25) is 0 Å². The number of alkyl halides is 3. The SMILES string of the molecule is CC1CCC(CCN(Cc2ccccc2)C(=O)c2cc(C(F)(F)F)[nH]n2)CS1(=O)=O. The predicted molar refractivity (Wildman–Crippen MR) is 105 cm³/mol. The second-order valence-corrected chi connectivity index (χ2v) is 10.2. The van der Waals surface area contributed by atoms with Crippen molar-refractivity contribution in [1.82, 2.24) is 15.1 Å². The molecular formula is C20H24F3N3O3S. The van der Waals surface area contributed by atoms with E-state index in [1.807, 2.05) is 35.4 Å². The lowest BCUT2D eigenvalue weighted by Crippen LogP contribution is -2.36. The number of halogens is 3. The van der Waals surface area contributed by atoms with Gasteiger partial charge in [-0.15, -0.1) is 0 Å². The molecule has 1 saturated heterocycles. The normalized spacial score (nSPS) is 21.3. The fourth-order valence-electron chi connectivity index (χ4n) is 3.59. The number of H-pyrrole nitrogens is 1. The molecule has 0 radical (unpaired) electrons. The van der Waals surface area contributed by atoms with Gasteiger partial charge < -0.3 is 4.90 Å². The maximum atomic E-state index is 12.9. The molecule has 0 spiro atoms. The Morgan fingerprint density at radius 3 is 2.53 bits per heavy atom. The van der Waals surface area contributed by atoms with Crippen molar-refractivity contribution in [2.24, 2.45) is 5.92 Å². The van der Waals surface area contributed by atoms with Crippen LogP contribution in [0.4, 0.5) is 13.2 Å². The van der Waals surface area contributed by atoms with Crippen LogP contribution >= 0.6 is 0 Å². The van der Waals surface area contributed by atoms with E-state index in [1.54, 1.807) is 6.92 Å². The highest BCUT2D eigenvalue weighted by atomic mass is 32.2. The number of nitrogens with one attached hydrogen (secondary N) is 1. The van der Waals surface area contributed by atoms with Crippen molar-refractivity contribution in [2.75, 3.05) is 12.3 Å². The molecule has 2 heterocycles. The molecular weight excluding hydrogens is 419 g/mol. The molecule has 1 aromatic carbocycles. The quantitative estimate of drug-likeness (QED) is 0.738. The highest BCUT2D eigenvalue weighted by Gasteiger charge is 2.35. The summed E-state index contributed by atoms with van der Waals surface area (Å²) in [5, 5.41) is 5.04. The standard InChI is InChI=1S/C20H24F3N3O3S/c1-14-7-8-16(13-30(14,28)29)9-10-26(12-15-5-3-2-4-6-15)19(27)17-11-18(25-24-17)20(21,22)23/h2-6,11,14,16H,7-10,12-13H2,1H3,(H,24,25). The van der Waals surface area contributed by atoms with Gasteiger partial charge in [-0.05, 0) is 37.7 Å². The van der Waals surface area contributed by atoms with Gasteiger partial charge in [0.25, 0.3) is 5.91 Å². The number of benzene rings is 1. The third kappa shape index (κ3) is 5.41. The fraction of sp³-hybridized carbons (Fsp3) is 0.500. The molecule has 1 aliphatic heterocycles. The van der Waals surface area contributed by atoms with Gasteiger partial charge in [0.15, 0.2) is 15.5 Å². The molecule has 2 atom stereocenters. The average Bonchev–Trinajstić information content (AvgIpc) is 3.18. The number of nitrogens with zero attached hydrogens (tertiary/aromatic N) is 2. The van der Waals surface area contributed by atoms with E-state index < -0.39 is 27.6 Å². The summed E-state index contributed by atoms with van der Waals surface area (Å²) < 4.78 is 62.9. The summed E-state index contributed by atoms with van der Waals surface area (Å²) in [5.74, 6) is -0.637. The number of rotatable bonds is 6. The van der Waals surface area contributed by atoms with Gasteiger partial charge in [-0.1, -0.05) is 30.3 Å². The van der Waals surface area contributed by atoms with Crippen LogP contribution in [0, 0.1) is 5.92 Å². The molecule has 10 heteroatoms. The van der Waals surface area contributed by atoms with Crippen molar-refractivity contribution in [3.8, 4) is 0 Å². The number of sulfone groups is 1. The van der Waals surface area contributed by atoms with Crippen molar-refractivity contribution in [2.45, 2.75) is 44.2 Å². The van der Waals surface area contributed by atoms with E-state index in [2.05, 4.69) is 5.10 Å². The summed E-state index contributed by atoms with van der Waals surface area (Å²) in [5.41, 5.74) is -0.580. The molecule has 1 aromatic heterocycles. The molecule has 1 aliphatic rings. The number of amides is 1. The Bertz CT molecular complexity index is 974. The minimum absolute atomic E-state index is 0.0716. The lowest BCUT2D eigenvalue weighted by molar-refractivity contribution is -0.141. The number of carbonyl (C=O) groups is 1. The maximum absolute atomic E-state index is 12.9. The zero-order valence-corrected chi connectivity index (χ0v) is 17.3. The van der Waals surface area contributed by atoms with Gasteiger partial charge in [0.2, 0.25) is 0 Å². The summed E-state index contributed by atoms with van der Waals surface area (Å²) in [6, 6.07) is 9.78. The Kier molecular flexibility index (Phi) is 6.54. The molecule has 30 heavy (non-hydrogen) atoms. The van der Waals surface area contributed by atoms with Crippen LogP contribution in [0.15, 0.2) is 36.4 Å². The van der Waals surface area contributed by atoms with Gasteiger partial charge in [-0.25, -0.2) is 8.42 Å². The van der Waals surface area contributed by atoms with Crippen molar-refractivity contribution in [3.05, 3.63) is 53.3 Å². The first-order valence-corrected chi connectivity index (χ1v) is 11.4. The molecule has 1 amide bonds. The molecule has 1 fully saturated rings. The molecule has 0 saturated carbocycles.